The molecule has 3 nitrogen and oxygen atoms in total. The highest BCUT2D eigenvalue weighted by Gasteiger charge is 2.23. The smallest absolute Gasteiger partial charge is 0.258 e. The van der Waals surface area contributed by atoms with Gasteiger partial charge >= 0.3 is 0 Å². The minimum atomic E-state index is 0.572. The van der Waals surface area contributed by atoms with E-state index in [4.69, 9.17) is 4.52 Å². The van der Waals surface area contributed by atoms with E-state index in [9.17, 15) is 0 Å². The second-order valence-corrected chi connectivity index (χ2v) is 4.97. The van der Waals surface area contributed by atoms with Crippen LogP contribution in [-0.4, -0.2) is 10.1 Å². The molecule has 2 heterocycles. The molecule has 0 spiro atoms. The van der Waals surface area contributed by atoms with Gasteiger partial charge in [-0.3, -0.25) is 0 Å². The summed E-state index contributed by atoms with van der Waals surface area (Å²) in [5, 5.41) is 5.23. The van der Waals surface area contributed by atoms with E-state index in [0.717, 1.165) is 15.6 Å². The largest absolute Gasteiger partial charge is 0.336 e. The van der Waals surface area contributed by atoms with Crippen molar-refractivity contribution in [3.8, 4) is 0 Å². The van der Waals surface area contributed by atoms with E-state index in [0.29, 0.717) is 11.6 Å². The van der Waals surface area contributed by atoms with Crippen LogP contribution in [0.4, 0.5) is 0 Å². The second-order valence-electron chi connectivity index (χ2n) is 4.06. The third kappa shape index (κ3) is 1.57. The van der Waals surface area contributed by atoms with Gasteiger partial charge in [0.1, 0.15) is 0 Å². The highest BCUT2D eigenvalue weighted by Crippen LogP contribution is 2.37. The number of aromatic nitrogens is 2. The molecule has 1 aliphatic carbocycles. The van der Waals surface area contributed by atoms with Crippen LogP contribution in [0.25, 0.3) is 11.1 Å². The molecule has 0 atom stereocenters. The molecule has 0 N–H and O–H groups in total. The molecule has 2 aromatic rings. The van der Waals surface area contributed by atoms with Gasteiger partial charge in [0, 0.05) is 16.6 Å². The minimum absolute atomic E-state index is 0.572. The molecule has 0 saturated heterocycles. The summed E-state index contributed by atoms with van der Waals surface area (Å²) in [6.07, 6.45) is 6.81. The SMILES string of the molecule is Brc1cnc2onc(C3CCCC3)c2c1. The maximum atomic E-state index is 5.23. The zero-order valence-corrected chi connectivity index (χ0v) is 9.83. The standard InChI is InChI=1S/C11H11BrN2O/c12-8-5-9-10(7-3-1-2-4-7)14-15-11(9)13-6-8/h5-7H,1-4H2. The van der Waals surface area contributed by atoms with Crippen LogP contribution in [-0.2, 0) is 0 Å². The maximum absolute atomic E-state index is 5.23. The third-order valence-corrected chi connectivity index (χ3v) is 3.50. The zero-order valence-electron chi connectivity index (χ0n) is 8.24. The first-order chi connectivity index (χ1) is 7.34. The van der Waals surface area contributed by atoms with E-state index in [2.05, 4.69) is 26.1 Å². The molecule has 4 heteroatoms. The number of hydrogen-bond acceptors (Lipinski definition) is 3. The van der Waals surface area contributed by atoms with Crippen molar-refractivity contribution in [2.45, 2.75) is 31.6 Å². The molecule has 0 bridgehead atoms. The van der Waals surface area contributed by atoms with E-state index >= 15 is 0 Å². The average Bonchev–Trinajstić information content (AvgIpc) is 2.83. The van der Waals surface area contributed by atoms with E-state index < -0.39 is 0 Å². The topological polar surface area (TPSA) is 38.9 Å². The Morgan fingerprint density at radius 3 is 2.93 bits per heavy atom. The van der Waals surface area contributed by atoms with Crippen molar-refractivity contribution in [2.24, 2.45) is 0 Å². The average molecular weight is 267 g/mol. The molecule has 0 radical (unpaired) electrons. The van der Waals surface area contributed by atoms with Crippen LogP contribution >= 0.6 is 15.9 Å². The summed E-state index contributed by atoms with van der Waals surface area (Å²) in [5.74, 6) is 0.572. The Bertz CT molecular complexity index is 488. The summed E-state index contributed by atoms with van der Waals surface area (Å²) < 4.78 is 6.22. The summed E-state index contributed by atoms with van der Waals surface area (Å²) in [6, 6.07) is 2.05. The van der Waals surface area contributed by atoms with Crippen LogP contribution in [0, 0.1) is 0 Å². The fourth-order valence-electron chi connectivity index (χ4n) is 2.32. The van der Waals surface area contributed by atoms with Crippen molar-refractivity contribution in [1.82, 2.24) is 10.1 Å². The summed E-state index contributed by atoms with van der Waals surface area (Å²) in [7, 11) is 0. The van der Waals surface area contributed by atoms with Gasteiger partial charge in [-0.25, -0.2) is 4.98 Å². The molecule has 3 rings (SSSR count). The van der Waals surface area contributed by atoms with Gasteiger partial charge in [-0.2, -0.15) is 0 Å². The molecule has 0 aromatic carbocycles. The molecule has 2 aromatic heterocycles. The molecule has 1 saturated carbocycles. The second kappa shape index (κ2) is 3.59. The molecule has 0 amide bonds. The number of rotatable bonds is 1. The molecule has 1 aliphatic rings. The van der Waals surface area contributed by atoms with Crippen molar-refractivity contribution in [3.63, 3.8) is 0 Å². The number of hydrogen-bond donors (Lipinski definition) is 0. The Kier molecular flexibility index (Phi) is 2.24. The first kappa shape index (κ1) is 9.33. The Morgan fingerprint density at radius 1 is 1.33 bits per heavy atom. The lowest BCUT2D eigenvalue weighted by Crippen LogP contribution is -1.92. The normalized spacial score (nSPS) is 17.7. The first-order valence-electron chi connectivity index (χ1n) is 5.25. The Labute approximate surface area is 96.0 Å². The van der Waals surface area contributed by atoms with Gasteiger partial charge in [0.05, 0.1) is 11.1 Å². The summed E-state index contributed by atoms with van der Waals surface area (Å²) in [4.78, 5) is 4.20. The summed E-state index contributed by atoms with van der Waals surface area (Å²) in [6.45, 7) is 0. The number of nitrogens with zero attached hydrogens (tertiary/aromatic N) is 2. The molecular weight excluding hydrogens is 256 g/mol. The van der Waals surface area contributed by atoms with Gasteiger partial charge in [0.15, 0.2) is 0 Å². The van der Waals surface area contributed by atoms with Gasteiger partial charge in [-0.1, -0.05) is 18.0 Å². The third-order valence-electron chi connectivity index (χ3n) is 3.07. The quantitative estimate of drug-likeness (QED) is 0.791. The summed E-state index contributed by atoms with van der Waals surface area (Å²) in [5.41, 5.74) is 1.75. The monoisotopic (exact) mass is 266 g/mol. The molecule has 0 aliphatic heterocycles. The molecule has 1 fully saturated rings. The molecule has 15 heavy (non-hydrogen) atoms. The van der Waals surface area contributed by atoms with Crippen LogP contribution < -0.4 is 0 Å². The van der Waals surface area contributed by atoms with E-state index in [-0.39, 0.29) is 0 Å². The van der Waals surface area contributed by atoms with Gasteiger partial charge in [0.2, 0.25) is 0 Å². The van der Waals surface area contributed by atoms with E-state index in [1.165, 1.54) is 25.7 Å². The lowest BCUT2D eigenvalue weighted by Gasteiger charge is -2.03. The maximum Gasteiger partial charge on any atom is 0.258 e. The highest BCUT2D eigenvalue weighted by atomic mass is 79.9. The van der Waals surface area contributed by atoms with Crippen LogP contribution in [0.15, 0.2) is 21.3 Å². The van der Waals surface area contributed by atoms with E-state index in [1.54, 1.807) is 6.20 Å². The van der Waals surface area contributed by atoms with Crippen molar-refractivity contribution in [1.29, 1.82) is 0 Å². The highest BCUT2D eigenvalue weighted by molar-refractivity contribution is 9.10. The lowest BCUT2D eigenvalue weighted by molar-refractivity contribution is 0.430. The fourth-order valence-corrected chi connectivity index (χ4v) is 2.65. The Morgan fingerprint density at radius 2 is 2.13 bits per heavy atom. The number of pyridine rings is 1. The van der Waals surface area contributed by atoms with Gasteiger partial charge in [-0.05, 0) is 34.8 Å². The lowest BCUT2D eigenvalue weighted by atomic mass is 10.0. The Balaban J connectivity index is 2.13. The predicted molar refractivity (Wildman–Crippen MR) is 60.7 cm³/mol. The van der Waals surface area contributed by atoms with Crippen molar-refractivity contribution in [2.75, 3.05) is 0 Å². The van der Waals surface area contributed by atoms with Crippen LogP contribution in [0.1, 0.15) is 37.3 Å². The molecular formula is C11H11BrN2O. The first-order valence-corrected chi connectivity index (χ1v) is 6.05. The zero-order chi connectivity index (χ0) is 10.3. The van der Waals surface area contributed by atoms with Gasteiger partial charge in [0.25, 0.3) is 5.71 Å². The van der Waals surface area contributed by atoms with Gasteiger partial charge < -0.3 is 4.52 Å². The predicted octanol–water partition coefficient (Wildman–Crippen LogP) is 3.64. The van der Waals surface area contributed by atoms with Crippen LogP contribution in [0.5, 0.6) is 0 Å². The molecule has 78 valence electrons. The Hall–Kier alpha value is -0.900. The fraction of sp³-hybridized carbons (Fsp3) is 0.455. The van der Waals surface area contributed by atoms with Crippen molar-refractivity contribution >= 4 is 27.0 Å². The van der Waals surface area contributed by atoms with E-state index in [1.807, 2.05) is 6.07 Å². The summed E-state index contributed by atoms with van der Waals surface area (Å²) >= 11 is 3.43. The molecule has 0 unspecified atom stereocenters. The van der Waals surface area contributed by atoms with Crippen molar-refractivity contribution in [3.05, 3.63) is 22.4 Å². The number of halogens is 1. The van der Waals surface area contributed by atoms with Crippen molar-refractivity contribution < 1.29 is 4.52 Å². The van der Waals surface area contributed by atoms with Gasteiger partial charge in [-0.15, -0.1) is 0 Å². The van der Waals surface area contributed by atoms with Crippen LogP contribution in [0.3, 0.4) is 0 Å². The number of fused-ring (bicyclic) bond motifs is 1. The van der Waals surface area contributed by atoms with Crippen LogP contribution in [0.2, 0.25) is 0 Å². The minimum Gasteiger partial charge on any atom is -0.336 e.